The van der Waals surface area contributed by atoms with Crippen molar-refractivity contribution in [1.82, 2.24) is 19.9 Å². The number of aryl methyl sites for hydroxylation is 2. The summed E-state index contributed by atoms with van der Waals surface area (Å²) in [6.07, 6.45) is 0. The molecule has 86 valence electrons. The minimum Gasteiger partial charge on any atom is -0.233 e. The number of aromatic nitrogens is 4. The topological polar surface area (TPSA) is 51.6 Å². The van der Waals surface area contributed by atoms with Crippen molar-refractivity contribution >= 4 is 32.8 Å². The van der Waals surface area contributed by atoms with Crippen LogP contribution in [-0.4, -0.2) is 19.9 Å². The van der Waals surface area contributed by atoms with Crippen molar-refractivity contribution in [2.75, 3.05) is 0 Å². The fraction of sp³-hybridized carbons (Fsp3) is 0.143. The summed E-state index contributed by atoms with van der Waals surface area (Å²) < 4.78 is 0. The Hall–Kier alpha value is -2.36. The van der Waals surface area contributed by atoms with Crippen molar-refractivity contribution in [3.8, 4) is 0 Å². The van der Waals surface area contributed by atoms with E-state index in [-0.39, 0.29) is 0 Å². The SMILES string of the molecule is Cc1nc2ccc3nc(C)nc4ccc(n1)c2c34. The number of rotatable bonds is 0. The monoisotopic (exact) mass is 234 g/mol. The van der Waals surface area contributed by atoms with Crippen molar-refractivity contribution in [3.05, 3.63) is 35.9 Å². The summed E-state index contributed by atoms with van der Waals surface area (Å²) in [6.45, 7) is 3.82. The number of hydrogen-bond donors (Lipinski definition) is 0. The number of hydrogen-bond acceptors (Lipinski definition) is 4. The summed E-state index contributed by atoms with van der Waals surface area (Å²) in [6, 6.07) is 8.02. The van der Waals surface area contributed by atoms with Gasteiger partial charge < -0.3 is 0 Å². The first-order chi connectivity index (χ1) is 8.72. The van der Waals surface area contributed by atoms with Crippen LogP contribution in [0.4, 0.5) is 0 Å². The van der Waals surface area contributed by atoms with E-state index in [1.165, 1.54) is 0 Å². The van der Waals surface area contributed by atoms with E-state index in [0.717, 1.165) is 44.5 Å². The minimum atomic E-state index is 0.790. The van der Waals surface area contributed by atoms with Crippen LogP contribution in [0.2, 0.25) is 0 Å². The van der Waals surface area contributed by atoms with Gasteiger partial charge in [-0.2, -0.15) is 0 Å². The normalized spacial score (nSPS) is 11.9. The van der Waals surface area contributed by atoms with Gasteiger partial charge in [-0.15, -0.1) is 0 Å². The van der Waals surface area contributed by atoms with E-state index in [0.29, 0.717) is 0 Å². The summed E-state index contributed by atoms with van der Waals surface area (Å²) in [5, 5.41) is 2.13. The first kappa shape index (κ1) is 9.65. The molecule has 4 rings (SSSR count). The molecule has 0 aliphatic carbocycles. The fourth-order valence-corrected chi connectivity index (χ4v) is 2.54. The van der Waals surface area contributed by atoms with Gasteiger partial charge in [0, 0.05) is 10.8 Å². The molecule has 2 aromatic heterocycles. The molecule has 0 saturated heterocycles. The molecule has 0 aliphatic heterocycles. The first-order valence-electron chi connectivity index (χ1n) is 5.86. The molecule has 0 fully saturated rings. The smallest absolute Gasteiger partial charge is 0.126 e. The van der Waals surface area contributed by atoms with E-state index < -0.39 is 0 Å². The highest BCUT2D eigenvalue weighted by Crippen LogP contribution is 2.30. The maximum atomic E-state index is 4.48. The van der Waals surface area contributed by atoms with Crippen LogP contribution in [0.5, 0.6) is 0 Å². The van der Waals surface area contributed by atoms with Crippen molar-refractivity contribution in [2.45, 2.75) is 13.8 Å². The van der Waals surface area contributed by atoms with Crippen molar-refractivity contribution in [1.29, 1.82) is 0 Å². The summed E-state index contributed by atoms with van der Waals surface area (Å²) in [4.78, 5) is 17.9. The molecule has 0 spiro atoms. The van der Waals surface area contributed by atoms with E-state index >= 15 is 0 Å². The molecule has 0 N–H and O–H groups in total. The predicted molar refractivity (Wildman–Crippen MR) is 70.8 cm³/mol. The molecule has 0 saturated carbocycles. The summed E-state index contributed by atoms with van der Waals surface area (Å²) in [5.74, 6) is 1.58. The van der Waals surface area contributed by atoms with Gasteiger partial charge in [0.2, 0.25) is 0 Å². The molecule has 0 unspecified atom stereocenters. The third-order valence-corrected chi connectivity index (χ3v) is 3.20. The van der Waals surface area contributed by atoms with Gasteiger partial charge >= 0.3 is 0 Å². The Bertz CT molecular complexity index is 756. The standard InChI is InChI=1S/C14H10N4/c1-7-15-9-3-5-11-14-12(18-8(2)17-11)6-4-10(16-7)13(9)14/h3-6H,1-2H3. The van der Waals surface area contributed by atoms with E-state index in [1.807, 2.05) is 38.1 Å². The van der Waals surface area contributed by atoms with Crippen LogP contribution in [0.15, 0.2) is 24.3 Å². The molecule has 0 bridgehead atoms. The van der Waals surface area contributed by atoms with E-state index in [9.17, 15) is 0 Å². The molecule has 2 aromatic carbocycles. The van der Waals surface area contributed by atoms with Crippen LogP contribution in [0.25, 0.3) is 32.8 Å². The number of nitrogens with zero attached hydrogens (tertiary/aromatic N) is 4. The van der Waals surface area contributed by atoms with Crippen LogP contribution < -0.4 is 0 Å². The van der Waals surface area contributed by atoms with E-state index in [2.05, 4.69) is 19.9 Å². The van der Waals surface area contributed by atoms with E-state index in [4.69, 9.17) is 0 Å². The molecule has 2 heterocycles. The zero-order valence-electron chi connectivity index (χ0n) is 10.1. The van der Waals surface area contributed by atoms with Crippen molar-refractivity contribution in [2.24, 2.45) is 0 Å². The fourth-order valence-electron chi connectivity index (χ4n) is 2.54. The highest BCUT2D eigenvalue weighted by atomic mass is 14.9. The minimum absolute atomic E-state index is 0.790. The second kappa shape index (κ2) is 3.10. The molecular formula is C14H10N4. The lowest BCUT2D eigenvalue weighted by atomic mass is 10.0. The van der Waals surface area contributed by atoms with Gasteiger partial charge in [0.05, 0.1) is 22.1 Å². The second-order valence-electron chi connectivity index (χ2n) is 4.50. The average molecular weight is 234 g/mol. The maximum absolute atomic E-state index is 4.48. The second-order valence-corrected chi connectivity index (χ2v) is 4.50. The van der Waals surface area contributed by atoms with E-state index in [1.54, 1.807) is 0 Å². The highest BCUT2D eigenvalue weighted by molar-refractivity contribution is 6.19. The molecule has 18 heavy (non-hydrogen) atoms. The zero-order valence-corrected chi connectivity index (χ0v) is 10.1. The third kappa shape index (κ3) is 1.14. The molecule has 0 radical (unpaired) electrons. The van der Waals surface area contributed by atoms with Crippen molar-refractivity contribution in [3.63, 3.8) is 0 Å². The molecule has 4 heteroatoms. The van der Waals surface area contributed by atoms with Gasteiger partial charge in [-0.25, -0.2) is 19.9 Å². The summed E-state index contributed by atoms with van der Waals surface area (Å²) in [7, 11) is 0. The summed E-state index contributed by atoms with van der Waals surface area (Å²) >= 11 is 0. The van der Waals surface area contributed by atoms with Gasteiger partial charge in [0.1, 0.15) is 11.6 Å². The lowest BCUT2D eigenvalue weighted by molar-refractivity contribution is 1.10. The Morgan fingerprint density at radius 1 is 0.556 bits per heavy atom. The third-order valence-electron chi connectivity index (χ3n) is 3.20. The predicted octanol–water partition coefficient (Wildman–Crippen LogP) is 2.78. The maximum Gasteiger partial charge on any atom is 0.126 e. The van der Waals surface area contributed by atoms with Crippen LogP contribution in [-0.2, 0) is 0 Å². The lowest BCUT2D eigenvalue weighted by Gasteiger charge is -2.09. The highest BCUT2D eigenvalue weighted by Gasteiger charge is 2.12. The largest absolute Gasteiger partial charge is 0.233 e. The summed E-state index contributed by atoms with van der Waals surface area (Å²) in [5.41, 5.74) is 3.84. The number of benzene rings is 2. The Morgan fingerprint density at radius 3 is 1.11 bits per heavy atom. The molecule has 4 aromatic rings. The Morgan fingerprint density at radius 2 is 0.833 bits per heavy atom. The van der Waals surface area contributed by atoms with Crippen LogP contribution in [0.3, 0.4) is 0 Å². The Balaban J connectivity index is 2.41. The van der Waals surface area contributed by atoms with Gasteiger partial charge in [-0.1, -0.05) is 0 Å². The van der Waals surface area contributed by atoms with Crippen LogP contribution in [0.1, 0.15) is 11.6 Å². The van der Waals surface area contributed by atoms with Crippen LogP contribution in [0, 0.1) is 13.8 Å². The molecule has 0 aliphatic rings. The molecule has 4 nitrogen and oxygen atoms in total. The molecular weight excluding hydrogens is 224 g/mol. The molecule has 0 atom stereocenters. The van der Waals surface area contributed by atoms with Gasteiger partial charge in [0.15, 0.2) is 0 Å². The Labute approximate surface area is 103 Å². The zero-order chi connectivity index (χ0) is 12.3. The molecule has 0 amide bonds. The van der Waals surface area contributed by atoms with Gasteiger partial charge in [-0.05, 0) is 38.1 Å². The average Bonchev–Trinajstić information content (AvgIpc) is 2.34. The lowest BCUT2D eigenvalue weighted by Crippen LogP contribution is -1.96. The quantitative estimate of drug-likeness (QED) is 0.439. The first-order valence-corrected chi connectivity index (χ1v) is 5.86. The van der Waals surface area contributed by atoms with Gasteiger partial charge in [0.25, 0.3) is 0 Å². The van der Waals surface area contributed by atoms with Crippen LogP contribution >= 0.6 is 0 Å². The van der Waals surface area contributed by atoms with Gasteiger partial charge in [-0.3, -0.25) is 0 Å². The van der Waals surface area contributed by atoms with Crippen molar-refractivity contribution < 1.29 is 0 Å². The Kier molecular flexibility index (Phi) is 1.66.